The summed E-state index contributed by atoms with van der Waals surface area (Å²) in [4.78, 5) is 25.4. The fraction of sp³-hybridized carbons (Fsp3) is 0.259. The highest BCUT2D eigenvalue weighted by Crippen LogP contribution is 2.37. The van der Waals surface area contributed by atoms with E-state index in [-0.39, 0.29) is 18.3 Å². The van der Waals surface area contributed by atoms with Gasteiger partial charge in [0.15, 0.2) is 11.0 Å². The monoisotopic (exact) mass is 552 g/mol. The summed E-state index contributed by atoms with van der Waals surface area (Å²) in [6.07, 6.45) is 0.970. The third-order valence-electron chi connectivity index (χ3n) is 5.79. The molecule has 2 aromatic heterocycles. The van der Waals surface area contributed by atoms with E-state index in [1.54, 1.807) is 11.7 Å². The lowest BCUT2D eigenvalue weighted by atomic mass is 10.0. The summed E-state index contributed by atoms with van der Waals surface area (Å²) in [5.41, 5.74) is 3.04. The van der Waals surface area contributed by atoms with Gasteiger partial charge in [0.1, 0.15) is 28.7 Å². The molecule has 0 aliphatic carbocycles. The zero-order valence-electron chi connectivity index (χ0n) is 21.5. The fourth-order valence-electron chi connectivity index (χ4n) is 3.60. The molecule has 198 valence electrons. The number of thioether (sulfide) groups is 1. The van der Waals surface area contributed by atoms with Crippen molar-refractivity contribution in [2.75, 3.05) is 25.3 Å². The zero-order valence-corrected chi connectivity index (χ0v) is 23.1. The van der Waals surface area contributed by atoms with E-state index in [1.165, 1.54) is 35.8 Å². The van der Waals surface area contributed by atoms with Crippen LogP contribution in [0.2, 0.25) is 0 Å². The Hall–Kier alpha value is -3.83. The summed E-state index contributed by atoms with van der Waals surface area (Å²) in [7, 11) is 4.73. The van der Waals surface area contributed by atoms with E-state index in [0.29, 0.717) is 32.9 Å². The van der Waals surface area contributed by atoms with E-state index in [4.69, 9.17) is 14.2 Å². The van der Waals surface area contributed by atoms with Crippen LogP contribution in [0.1, 0.15) is 28.7 Å². The Morgan fingerprint density at radius 2 is 1.74 bits per heavy atom. The van der Waals surface area contributed by atoms with Crippen LogP contribution in [0.4, 0.5) is 5.00 Å². The van der Waals surface area contributed by atoms with E-state index in [1.807, 2.05) is 61.0 Å². The van der Waals surface area contributed by atoms with Crippen molar-refractivity contribution in [2.45, 2.75) is 25.1 Å². The summed E-state index contributed by atoms with van der Waals surface area (Å²) in [5, 5.41) is 14.0. The summed E-state index contributed by atoms with van der Waals surface area (Å²) < 4.78 is 17.8. The number of aryl methyl sites for hydroxylation is 1. The van der Waals surface area contributed by atoms with Crippen LogP contribution in [0.15, 0.2) is 59.1 Å². The van der Waals surface area contributed by atoms with Crippen LogP contribution in [-0.2, 0) is 29.6 Å². The Morgan fingerprint density at radius 3 is 2.39 bits per heavy atom. The molecule has 0 saturated heterocycles. The molecule has 1 amide bonds. The van der Waals surface area contributed by atoms with Crippen molar-refractivity contribution in [1.82, 2.24) is 14.8 Å². The number of methoxy groups -OCH3 is 2. The number of thiophene rings is 1. The highest BCUT2D eigenvalue weighted by atomic mass is 32.2. The van der Waals surface area contributed by atoms with Gasteiger partial charge in [-0.3, -0.25) is 4.79 Å². The highest BCUT2D eigenvalue weighted by Gasteiger charge is 2.23. The number of anilines is 1. The van der Waals surface area contributed by atoms with Gasteiger partial charge in [-0.05, 0) is 41.8 Å². The summed E-state index contributed by atoms with van der Waals surface area (Å²) >= 11 is 2.51. The van der Waals surface area contributed by atoms with Crippen LogP contribution in [-0.4, -0.2) is 46.6 Å². The van der Waals surface area contributed by atoms with E-state index < -0.39 is 5.97 Å². The molecule has 0 saturated carbocycles. The normalized spacial score (nSPS) is 10.7. The molecule has 2 aromatic carbocycles. The van der Waals surface area contributed by atoms with Gasteiger partial charge in [0.25, 0.3) is 0 Å². The second-order valence-electron chi connectivity index (χ2n) is 8.15. The molecule has 4 rings (SSSR count). The van der Waals surface area contributed by atoms with Gasteiger partial charge in [0.05, 0.1) is 20.0 Å². The van der Waals surface area contributed by atoms with E-state index in [9.17, 15) is 9.59 Å². The van der Waals surface area contributed by atoms with Crippen molar-refractivity contribution < 1.29 is 23.8 Å². The van der Waals surface area contributed by atoms with Crippen LogP contribution in [0.5, 0.6) is 11.5 Å². The maximum Gasteiger partial charge on any atom is 0.341 e. The Labute approximate surface area is 229 Å². The predicted octanol–water partition coefficient (Wildman–Crippen LogP) is 5.21. The minimum absolute atomic E-state index is 0.0850. The van der Waals surface area contributed by atoms with Gasteiger partial charge in [0.2, 0.25) is 5.91 Å². The molecule has 4 aromatic rings. The number of nitrogens with zero attached hydrogens (tertiary/aromatic N) is 3. The molecule has 0 radical (unpaired) electrons. The number of aromatic nitrogens is 3. The first-order valence-corrected chi connectivity index (χ1v) is 13.7. The maximum absolute atomic E-state index is 12.8. The zero-order chi connectivity index (χ0) is 27.1. The van der Waals surface area contributed by atoms with E-state index in [0.717, 1.165) is 17.7 Å². The first-order valence-electron chi connectivity index (χ1n) is 11.8. The van der Waals surface area contributed by atoms with Crippen molar-refractivity contribution in [1.29, 1.82) is 0 Å². The van der Waals surface area contributed by atoms with Gasteiger partial charge in [0, 0.05) is 18.0 Å². The summed E-state index contributed by atoms with van der Waals surface area (Å²) in [6.45, 7) is 2.36. The van der Waals surface area contributed by atoms with Crippen LogP contribution >= 0.6 is 23.1 Å². The highest BCUT2D eigenvalue weighted by molar-refractivity contribution is 7.99. The summed E-state index contributed by atoms with van der Waals surface area (Å²) in [6, 6.07) is 15.3. The minimum atomic E-state index is -0.526. The molecule has 38 heavy (non-hydrogen) atoms. The molecule has 0 fully saturated rings. The van der Waals surface area contributed by atoms with Crippen LogP contribution in [0.3, 0.4) is 0 Å². The maximum atomic E-state index is 12.8. The number of hydrogen-bond acceptors (Lipinski definition) is 9. The number of amides is 1. The predicted molar refractivity (Wildman–Crippen MR) is 148 cm³/mol. The smallest absolute Gasteiger partial charge is 0.341 e. The van der Waals surface area contributed by atoms with Gasteiger partial charge < -0.3 is 24.1 Å². The number of carbonyl (C=O) groups excluding carboxylic acids is 2. The number of hydrogen-bond donors (Lipinski definition) is 1. The van der Waals surface area contributed by atoms with Crippen LogP contribution < -0.4 is 14.8 Å². The lowest BCUT2D eigenvalue weighted by Gasteiger charge is -2.09. The van der Waals surface area contributed by atoms with Gasteiger partial charge in [-0.15, -0.1) is 21.5 Å². The Morgan fingerprint density at radius 1 is 1.03 bits per heavy atom. The molecule has 0 unspecified atom stereocenters. The number of esters is 1. The standard InChI is InChI=1S/C27H28N4O5S2/c1-5-17-6-10-20(11-7-17)36-14-22-29-30-27(31(22)2)38-16-23(32)28-25-24(26(33)35-4)21(15-37-25)18-8-12-19(34-3)13-9-18/h6-13,15H,5,14,16H2,1-4H3,(H,28,32). The molecule has 0 spiro atoms. The number of nitrogens with one attached hydrogen (secondary N) is 1. The molecule has 0 aliphatic heterocycles. The Bertz CT molecular complexity index is 1400. The Balaban J connectivity index is 1.38. The van der Waals surface area contributed by atoms with Crippen molar-refractivity contribution >= 4 is 40.0 Å². The molecule has 0 bridgehead atoms. The first-order chi connectivity index (χ1) is 18.4. The molecule has 11 heteroatoms. The third kappa shape index (κ3) is 6.35. The largest absolute Gasteiger partial charge is 0.497 e. The van der Waals surface area contributed by atoms with Crippen molar-refractivity contribution in [3.8, 4) is 22.6 Å². The second kappa shape index (κ2) is 12.6. The van der Waals surface area contributed by atoms with E-state index in [2.05, 4.69) is 22.4 Å². The number of ether oxygens (including phenoxy) is 3. The third-order valence-corrected chi connectivity index (χ3v) is 7.71. The SMILES string of the molecule is CCc1ccc(OCc2nnc(SCC(=O)Nc3scc(-c4ccc(OC)cc4)c3C(=O)OC)n2C)cc1. The number of rotatable bonds is 11. The van der Waals surface area contributed by atoms with Crippen molar-refractivity contribution in [3.63, 3.8) is 0 Å². The average molecular weight is 553 g/mol. The molecule has 9 nitrogen and oxygen atoms in total. The lowest BCUT2D eigenvalue weighted by Crippen LogP contribution is -2.16. The molecule has 0 aliphatic rings. The van der Waals surface area contributed by atoms with Crippen LogP contribution in [0, 0.1) is 0 Å². The average Bonchev–Trinajstić information content (AvgIpc) is 3.53. The van der Waals surface area contributed by atoms with Crippen molar-refractivity contribution in [2.24, 2.45) is 7.05 Å². The molecular weight excluding hydrogens is 524 g/mol. The van der Waals surface area contributed by atoms with Gasteiger partial charge >= 0.3 is 5.97 Å². The number of carbonyl (C=O) groups is 2. The second-order valence-corrected chi connectivity index (χ2v) is 9.98. The van der Waals surface area contributed by atoms with Crippen LogP contribution in [0.25, 0.3) is 11.1 Å². The lowest BCUT2D eigenvalue weighted by molar-refractivity contribution is -0.113. The molecular formula is C27H28N4O5S2. The number of benzene rings is 2. The van der Waals surface area contributed by atoms with Gasteiger partial charge in [-0.1, -0.05) is 43.0 Å². The first kappa shape index (κ1) is 27.2. The molecule has 2 heterocycles. The van der Waals surface area contributed by atoms with E-state index >= 15 is 0 Å². The molecule has 0 atom stereocenters. The van der Waals surface area contributed by atoms with Crippen molar-refractivity contribution in [3.05, 3.63) is 70.9 Å². The van der Waals surface area contributed by atoms with Gasteiger partial charge in [-0.25, -0.2) is 4.79 Å². The summed E-state index contributed by atoms with van der Waals surface area (Å²) in [5.74, 6) is 1.38. The van der Waals surface area contributed by atoms with Gasteiger partial charge in [-0.2, -0.15) is 0 Å². The quantitative estimate of drug-likeness (QED) is 0.200. The topological polar surface area (TPSA) is 105 Å². The Kier molecular flexibility index (Phi) is 9.03. The molecule has 1 N–H and O–H groups in total. The fourth-order valence-corrected chi connectivity index (χ4v) is 5.30. The minimum Gasteiger partial charge on any atom is -0.497 e.